The van der Waals surface area contributed by atoms with Crippen LogP contribution in [0.3, 0.4) is 0 Å². The molecule has 1 aliphatic rings. The van der Waals surface area contributed by atoms with E-state index in [1.807, 2.05) is 83.8 Å². The molecule has 1 aliphatic heterocycles. The number of hydrogen-bond donors (Lipinski definition) is 2. The first-order valence-electron chi connectivity index (χ1n) is 11.0. The second-order valence-electron chi connectivity index (χ2n) is 7.78. The van der Waals surface area contributed by atoms with Crippen LogP contribution in [0, 0.1) is 0 Å². The standard InChI is InChI=1S/C26H28N4O2/c1-2-20-8-6-7-11-24(20)28-26(32)27-22-12-14-23(15-13-22)29-16-18-30(19-17-29)25(31)21-9-4-3-5-10-21/h3-15H,2,16-19H2,1H3,(H2,27,28,32). The first kappa shape index (κ1) is 21.4. The van der Waals surface area contributed by atoms with Crippen LogP contribution in [0.15, 0.2) is 78.9 Å². The molecule has 4 rings (SSSR count). The molecule has 3 amide bonds. The molecule has 1 heterocycles. The second-order valence-corrected chi connectivity index (χ2v) is 7.78. The van der Waals surface area contributed by atoms with Crippen LogP contribution in [-0.4, -0.2) is 43.0 Å². The molecule has 164 valence electrons. The van der Waals surface area contributed by atoms with Gasteiger partial charge in [-0.15, -0.1) is 0 Å². The number of nitrogens with one attached hydrogen (secondary N) is 2. The summed E-state index contributed by atoms with van der Waals surface area (Å²) in [7, 11) is 0. The van der Waals surface area contributed by atoms with Gasteiger partial charge in [-0.3, -0.25) is 4.79 Å². The summed E-state index contributed by atoms with van der Waals surface area (Å²) < 4.78 is 0. The van der Waals surface area contributed by atoms with Crippen LogP contribution in [-0.2, 0) is 6.42 Å². The zero-order chi connectivity index (χ0) is 22.3. The lowest BCUT2D eigenvalue weighted by atomic mass is 10.1. The fraction of sp³-hybridized carbons (Fsp3) is 0.231. The Morgan fingerprint density at radius 2 is 1.44 bits per heavy atom. The molecule has 0 bridgehead atoms. The normalized spacial score (nSPS) is 13.5. The lowest BCUT2D eigenvalue weighted by Gasteiger charge is -2.36. The van der Waals surface area contributed by atoms with Crippen molar-refractivity contribution < 1.29 is 9.59 Å². The summed E-state index contributed by atoms with van der Waals surface area (Å²) in [5.74, 6) is 0.0838. The number of urea groups is 1. The number of benzene rings is 3. The van der Waals surface area contributed by atoms with E-state index in [4.69, 9.17) is 0 Å². The molecular formula is C26H28N4O2. The van der Waals surface area contributed by atoms with E-state index in [9.17, 15) is 9.59 Å². The molecule has 0 aliphatic carbocycles. The Balaban J connectivity index is 1.30. The summed E-state index contributed by atoms with van der Waals surface area (Å²) in [5.41, 5.74) is 4.48. The number of amides is 3. The second kappa shape index (κ2) is 10.0. The van der Waals surface area contributed by atoms with Crippen LogP contribution in [0.1, 0.15) is 22.8 Å². The topological polar surface area (TPSA) is 64.7 Å². The summed E-state index contributed by atoms with van der Waals surface area (Å²) in [4.78, 5) is 29.2. The maximum atomic E-state index is 12.6. The molecule has 3 aromatic rings. The van der Waals surface area contributed by atoms with E-state index in [1.54, 1.807) is 0 Å². The highest BCUT2D eigenvalue weighted by molar-refractivity contribution is 6.00. The van der Waals surface area contributed by atoms with Gasteiger partial charge in [0.15, 0.2) is 0 Å². The maximum Gasteiger partial charge on any atom is 0.323 e. The molecule has 6 nitrogen and oxygen atoms in total. The van der Waals surface area contributed by atoms with Gasteiger partial charge in [0.05, 0.1) is 0 Å². The first-order valence-corrected chi connectivity index (χ1v) is 11.0. The third-order valence-corrected chi connectivity index (χ3v) is 5.72. The van der Waals surface area contributed by atoms with Gasteiger partial charge < -0.3 is 20.4 Å². The van der Waals surface area contributed by atoms with Gasteiger partial charge in [-0.2, -0.15) is 0 Å². The molecular weight excluding hydrogens is 400 g/mol. The molecule has 0 unspecified atom stereocenters. The Morgan fingerprint density at radius 3 is 2.12 bits per heavy atom. The highest BCUT2D eigenvalue weighted by atomic mass is 16.2. The highest BCUT2D eigenvalue weighted by Gasteiger charge is 2.22. The molecule has 0 saturated carbocycles. The van der Waals surface area contributed by atoms with Gasteiger partial charge in [0, 0.05) is 48.8 Å². The quantitative estimate of drug-likeness (QED) is 0.610. The molecule has 1 saturated heterocycles. The smallest absolute Gasteiger partial charge is 0.323 e. The largest absolute Gasteiger partial charge is 0.368 e. The zero-order valence-corrected chi connectivity index (χ0v) is 18.3. The van der Waals surface area contributed by atoms with Crippen LogP contribution in [0.2, 0.25) is 0 Å². The molecule has 0 aromatic heterocycles. The lowest BCUT2D eigenvalue weighted by Crippen LogP contribution is -2.48. The van der Waals surface area contributed by atoms with Crippen molar-refractivity contribution >= 4 is 29.0 Å². The van der Waals surface area contributed by atoms with Crippen LogP contribution < -0.4 is 15.5 Å². The van der Waals surface area contributed by atoms with Crippen LogP contribution in [0.4, 0.5) is 21.9 Å². The number of carbonyl (C=O) groups excluding carboxylic acids is 2. The molecule has 6 heteroatoms. The predicted molar refractivity (Wildman–Crippen MR) is 129 cm³/mol. The van der Waals surface area contributed by atoms with Gasteiger partial charge in [-0.05, 0) is 54.4 Å². The fourth-order valence-corrected chi connectivity index (χ4v) is 3.92. The SMILES string of the molecule is CCc1ccccc1NC(=O)Nc1ccc(N2CCN(C(=O)c3ccccc3)CC2)cc1. The Kier molecular flexibility index (Phi) is 6.70. The molecule has 0 radical (unpaired) electrons. The monoisotopic (exact) mass is 428 g/mol. The van der Waals surface area contributed by atoms with Gasteiger partial charge in [-0.1, -0.05) is 43.3 Å². The van der Waals surface area contributed by atoms with Gasteiger partial charge in [-0.25, -0.2) is 4.79 Å². The van der Waals surface area contributed by atoms with E-state index in [0.29, 0.717) is 13.1 Å². The van der Waals surface area contributed by atoms with Crippen molar-refractivity contribution in [2.45, 2.75) is 13.3 Å². The average Bonchev–Trinajstić information content (AvgIpc) is 2.85. The number of aryl methyl sites for hydroxylation is 1. The van der Waals surface area contributed by atoms with E-state index in [2.05, 4.69) is 22.5 Å². The number of piperazine rings is 1. The van der Waals surface area contributed by atoms with Crippen molar-refractivity contribution in [1.82, 2.24) is 4.90 Å². The number of nitrogens with zero attached hydrogens (tertiary/aromatic N) is 2. The van der Waals surface area contributed by atoms with Crippen molar-refractivity contribution in [2.24, 2.45) is 0 Å². The summed E-state index contributed by atoms with van der Waals surface area (Å²) >= 11 is 0. The maximum absolute atomic E-state index is 12.6. The Morgan fingerprint density at radius 1 is 0.781 bits per heavy atom. The molecule has 3 aromatic carbocycles. The van der Waals surface area contributed by atoms with Gasteiger partial charge >= 0.3 is 6.03 Å². The van der Waals surface area contributed by atoms with E-state index in [1.165, 1.54) is 0 Å². The number of hydrogen-bond acceptors (Lipinski definition) is 3. The Labute approximate surface area is 188 Å². The highest BCUT2D eigenvalue weighted by Crippen LogP contribution is 2.21. The molecule has 0 atom stereocenters. The first-order chi connectivity index (χ1) is 15.6. The zero-order valence-electron chi connectivity index (χ0n) is 18.3. The number of anilines is 3. The molecule has 32 heavy (non-hydrogen) atoms. The number of rotatable bonds is 5. The van der Waals surface area contributed by atoms with Crippen molar-refractivity contribution in [3.8, 4) is 0 Å². The summed E-state index contributed by atoms with van der Waals surface area (Å²) in [6.45, 7) is 4.99. The Hall–Kier alpha value is -3.80. The van der Waals surface area contributed by atoms with Crippen molar-refractivity contribution in [1.29, 1.82) is 0 Å². The minimum atomic E-state index is -0.258. The Bertz CT molecular complexity index is 1060. The minimum absolute atomic E-state index is 0.0838. The number of para-hydroxylation sites is 1. The fourth-order valence-electron chi connectivity index (χ4n) is 3.92. The van der Waals surface area contributed by atoms with Gasteiger partial charge in [0.25, 0.3) is 5.91 Å². The predicted octanol–water partition coefficient (Wildman–Crippen LogP) is 4.86. The van der Waals surface area contributed by atoms with Crippen molar-refractivity contribution in [3.63, 3.8) is 0 Å². The summed E-state index contributed by atoms with van der Waals surface area (Å²) in [6, 6.07) is 24.8. The van der Waals surface area contributed by atoms with Crippen LogP contribution in [0.25, 0.3) is 0 Å². The molecule has 2 N–H and O–H groups in total. The van der Waals surface area contributed by atoms with Crippen LogP contribution in [0.5, 0.6) is 0 Å². The number of carbonyl (C=O) groups is 2. The van der Waals surface area contributed by atoms with Crippen LogP contribution >= 0.6 is 0 Å². The van der Waals surface area contributed by atoms with Gasteiger partial charge in [0.2, 0.25) is 0 Å². The lowest BCUT2D eigenvalue weighted by molar-refractivity contribution is 0.0747. The van der Waals surface area contributed by atoms with E-state index >= 15 is 0 Å². The summed E-state index contributed by atoms with van der Waals surface area (Å²) in [5, 5.41) is 5.81. The van der Waals surface area contributed by atoms with E-state index in [-0.39, 0.29) is 11.9 Å². The third-order valence-electron chi connectivity index (χ3n) is 5.72. The average molecular weight is 429 g/mol. The van der Waals surface area contributed by atoms with E-state index in [0.717, 1.165) is 47.7 Å². The minimum Gasteiger partial charge on any atom is -0.368 e. The molecule has 0 spiro atoms. The molecule has 1 fully saturated rings. The van der Waals surface area contributed by atoms with Crippen molar-refractivity contribution in [2.75, 3.05) is 41.7 Å². The third kappa shape index (κ3) is 5.09. The summed E-state index contributed by atoms with van der Waals surface area (Å²) in [6.07, 6.45) is 0.857. The van der Waals surface area contributed by atoms with Crippen molar-refractivity contribution in [3.05, 3.63) is 90.0 Å². The van der Waals surface area contributed by atoms with Gasteiger partial charge in [0.1, 0.15) is 0 Å². The van der Waals surface area contributed by atoms with E-state index < -0.39 is 0 Å².